The Kier molecular flexibility index (Phi) is 4.70. The average Bonchev–Trinajstić information content (AvgIpc) is 3.12. The highest BCUT2D eigenvalue weighted by Crippen LogP contribution is 2.25. The zero-order chi connectivity index (χ0) is 16.4. The van der Waals surface area contributed by atoms with Crippen LogP contribution in [0.3, 0.4) is 0 Å². The van der Waals surface area contributed by atoms with Crippen LogP contribution in [0, 0.1) is 5.92 Å². The van der Waals surface area contributed by atoms with Crippen LogP contribution in [0.1, 0.15) is 16.9 Å². The van der Waals surface area contributed by atoms with Crippen molar-refractivity contribution in [3.8, 4) is 10.6 Å². The Balaban J connectivity index is 1.61. The maximum absolute atomic E-state index is 12.1. The topological polar surface area (TPSA) is 76.1 Å². The lowest BCUT2D eigenvalue weighted by Crippen LogP contribution is -2.30. The van der Waals surface area contributed by atoms with Crippen LogP contribution in [0.4, 0.5) is 0 Å². The summed E-state index contributed by atoms with van der Waals surface area (Å²) in [6.07, 6.45) is 0.607. The van der Waals surface area contributed by atoms with Crippen molar-refractivity contribution < 1.29 is 13.2 Å². The predicted octanol–water partition coefficient (Wildman–Crippen LogP) is 2.63. The number of carbonyl (C=O) groups is 1. The minimum Gasteiger partial charge on any atom is -0.350 e. The van der Waals surface area contributed by atoms with Gasteiger partial charge in [0.05, 0.1) is 11.5 Å². The molecule has 1 atom stereocenters. The van der Waals surface area contributed by atoms with Gasteiger partial charge in [0.2, 0.25) is 0 Å². The van der Waals surface area contributed by atoms with E-state index in [1.54, 1.807) is 17.5 Å². The van der Waals surface area contributed by atoms with E-state index in [1.807, 2.05) is 12.1 Å². The summed E-state index contributed by atoms with van der Waals surface area (Å²) in [7, 11) is -2.92. The Labute approximate surface area is 143 Å². The lowest BCUT2D eigenvalue weighted by Gasteiger charge is -2.08. The van der Waals surface area contributed by atoms with Gasteiger partial charge in [-0.1, -0.05) is 23.7 Å². The normalized spacial score (nSPS) is 19.6. The number of hydrogen-bond acceptors (Lipinski definition) is 5. The molecule has 23 heavy (non-hydrogen) atoms. The van der Waals surface area contributed by atoms with Crippen molar-refractivity contribution in [2.75, 3.05) is 18.1 Å². The summed E-state index contributed by atoms with van der Waals surface area (Å²) < 4.78 is 22.8. The molecule has 0 bridgehead atoms. The quantitative estimate of drug-likeness (QED) is 0.897. The van der Waals surface area contributed by atoms with E-state index in [4.69, 9.17) is 11.6 Å². The Hall–Kier alpha value is -1.44. The third kappa shape index (κ3) is 4.10. The first-order valence-electron chi connectivity index (χ1n) is 7.13. The zero-order valence-corrected chi connectivity index (χ0v) is 14.5. The summed E-state index contributed by atoms with van der Waals surface area (Å²) in [6.45, 7) is 0.367. The Morgan fingerprint density at radius 3 is 2.74 bits per heavy atom. The maximum atomic E-state index is 12.1. The summed E-state index contributed by atoms with van der Waals surface area (Å²) in [5.74, 6) is 0.0924. The van der Waals surface area contributed by atoms with Crippen LogP contribution in [0.15, 0.2) is 29.6 Å². The number of benzene rings is 1. The minimum atomic E-state index is -2.92. The second kappa shape index (κ2) is 6.59. The Bertz CT molecular complexity index is 816. The highest BCUT2D eigenvalue weighted by Gasteiger charge is 2.28. The smallest absolute Gasteiger partial charge is 0.270 e. The van der Waals surface area contributed by atoms with Gasteiger partial charge in [-0.2, -0.15) is 0 Å². The lowest BCUT2D eigenvalue weighted by molar-refractivity contribution is 0.0944. The van der Waals surface area contributed by atoms with Gasteiger partial charge in [-0.3, -0.25) is 4.79 Å². The standard InChI is InChI=1S/C15H15ClN2O3S2/c16-12-3-1-11(2-4-12)15-18-13(8-22-15)14(19)17-7-10-5-6-23(20,21)9-10/h1-4,8,10H,5-7,9H2,(H,17,19). The van der Waals surface area contributed by atoms with Gasteiger partial charge in [0.15, 0.2) is 9.84 Å². The van der Waals surface area contributed by atoms with E-state index in [1.165, 1.54) is 11.3 Å². The molecule has 1 fully saturated rings. The molecule has 1 amide bonds. The van der Waals surface area contributed by atoms with Gasteiger partial charge in [0.25, 0.3) is 5.91 Å². The third-order valence-electron chi connectivity index (χ3n) is 3.71. The number of carbonyl (C=O) groups excluding carboxylic acids is 1. The largest absolute Gasteiger partial charge is 0.350 e. The third-order valence-corrected chi connectivity index (χ3v) is 6.69. The van der Waals surface area contributed by atoms with Crippen molar-refractivity contribution in [3.05, 3.63) is 40.4 Å². The summed E-state index contributed by atoms with van der Waals surface area (Å²) in [4.78, 5) is 16.5. The van der Waals surface area contributed by atoms with Gasteiger partial charge in [-0.15, -0.1) is 11.3 Å². The Morgan fingerprint density at radius 2 is 2.09 bits per heavy atom. The summed E-state index contributed by atoms with van der Waals surface area (Å²) in [6, 6.07) is 7.26. The fourth-order valence-corrected chi connectivity index (χ4v) is 5.26. The fourth-order valence-electron chi connectivity index (χ4n) is 2.46. The van der Waals surface area contributed by atoms with E-state index in [9.17, 15) is 13.2 Å². The number of aromatic nitrogens is 1. The second-order valence-electron chi connectivity index (χ2n) is 5.52. The SMILES string of the molecule is O=C(NCC1CCS(=O)(=O)C1)c1csc(-c2ccc(Cl)cc2)n1. The number of nitrogens with one attached hydrogen (secondary N) is 1. The first-order chi connectivity index (χ1) is 10.9. The molecule has 5 nitrogen and oxygen atoms in total. The van der Waals surface area contributed by atoms with Crippen molar-refractivity contribution >= 4 is 38.7 Å². The van der Waals surface area contributed by atoms with E-state index < -0.39 is 9.84 Å². The number of halogens is 1. The summed E-state index contributed by atoms with van der Waals surface area (Å²) in [5, 5.41) is 5.86. The molecule has 0 aliphatic carbocycles. The molecule has 1 aromatic carbocycles. The molecular formula is C15H15ClN2O3S2. The molecule has 0 spiro atoms. The first-order valence-corrected chi connectivity index (χ1v) is 10.2. The monoisotopic (exact) mass is 370 g/mol. The lowest BCUT2D eigenvalue weighted by atomic mass is 10.1. The number of sulfone groups is 1. The van der Waals surface area contributed by atoms with Gasteiger partial charge in [0.1, 0.15) is 10.7 Å². The molecule has 1 unspecified atom stereocenters. The van der Waals surface area contributed by atoms with E-state index in [0.717, 1.165) is 10.6 Å². The number of amides is 1. The molecule has 2 heterocycles. The maximum Gasteiger partial charge on any atom is 0.270 e. The molecule has 8 heteroatoms. The number of hydrogen-bond donors (Lipinski definition) is 1. The number of thiazole rings is 1. The van der Waals surface area contributed by atoms with E-state index in [2.05, 4.69) is 10.3 Å². The molecule has 2 aromatic rings. The Morgan fingerprint density at radius 1 is 1.35 bits per heavy atom. The van der Waals surface area contributed by atoms with Crippen LogP contribution in [-0.4, -0.2) is 37.4 Å². The highest BCUT2D eigenvalue weighted by molar-refractivity contribution is 7.91. The van der Waals surface area contributed by atoms with Crippen molar-refractivity contribution in [2.45, 2.75) is 6.42 Å². The van der Waals surface area contributed by atoms with Gasteiger partial charge >= 0.3 is 0 Å². The van der Waals surface area contributed by atoms with Crippen LogP contribution in [0.25, 0.3) is 10.6 Å². The first kappa shape index (κ1) is 16.4. The summed E-state index contributed by atoms with van der Waals surface area (Å²) >= 11 is 7.24. The van der Waals surface area contributed by atoms with Crippen molar-refractivity contribution in [1.82, 2.24) is 10.3 Å². The van der Waals surface area contributed by atoms with Crippen LogP contribution in [-0.2, 0) is 9.84 Å². The van der Waals surface area contributed by atoms with E-state index in [-0.39, 0.29) is 23.3 Å². The van der Waals surface area contributed by atoms with Crippen molar-refractivity contribution in [3.63, 3.8) is 0 Å². The molecule has 0 saturated carbocycles. The molecule has 1 N–H and O–H groups in total. The molecule has 122 valence electrons. The van der Waals surface area contributed by atoms with E-state index >= 15 is 0 Å². The molecule has 1 aliphatic rings. The van der Waals surface area contributed by atoms with Crippen LogP contribution >= 0.6 is 22.9 Å². The van der Waals surface area contributed by atoms with Gasteiger partial charge in [-0.25, -0.2) is 13.4 Å². The predicted molar refractivity (Wildman–Crippen MR) is 91.7 cm³/mol. The molecular weight excluding hydrogens is 356 g/mol. The van der Waals surface area contributed by atoms with Crippen LogP contribution < -0.4 is 5.32 Å². The van der Waals surface area contributed by atoms with Gasteiger partial charge in [0, 0.05) is 22.5 Å². The highest BCUT2D eigenvalue weighted by atomic mass is 35.5. The number of rotatable bonds is 4. The molecule has 1 aromatic heterocycles. The van der Waals surface area contributed by atoms with Crippen molar-refractivity contribution in [1.29, 1.82) is 0 Å². The fraction of sp³-hybridized carbons (Fsp3) is 0.333. The van der Waals surface area contributed by atoms with Gasteiger partial charge in [-0.05, 0) is 24.5 Å². The number of nitrogens with zero attached hydrogens (tertiary/aromatic N) is 1. The van der Waals surface area contributed by atoms with Crippen LogP contribution in [0.2, 0.25) is 5.02 Å². The zero-order valence-electron chi connectivity index (χ0n) is 12.2. The van der Waals surface area contributed by atoms with Crippen LogP contribution in [0.5, 0.6) is 0 Å². The van der Waals surface area contributed by atoms with Gasteiger partial charge < -0.3 is 5.32 Å². The van der Waals surface area contributed by atoms with Crippen molar-refractivity contribution in [2.24, 2.45) is 5.92 Å². The van der Waals surface area contributed by atoms with E-state index in [0.29, 0.717) is 23.7 Å². The average molecular weight is 371 g/mol. The molecule has 1 saturated heterocycles. The molecule has 1 aliphatic heterocycles. The molecule has 0 radical (unpaired) electrons. The minimum absolute atomic E-state index is 0.00155. The second-order valence-corrected chi connectivity index (χ2v) is 9.05. The molecule has 3 rings (SSSR count). The summed E-state index contributed by atoms with van der Waals surface area (Å²) in [5.41, 5.74) is 1.25.